The number of hydrogen-bond donors (Lipinski definition) is 1. The van der Waals surface area contributed by atoms with Gasteiger partial charge >= 0.3 is 5.97 Å². The van der Waals surface area contributed by atoms with Gasteiger partial charge in [0.25, 0.3) is 0 Å². The van der Waals surface area contributed by atoms with Crippen LogP contribution in [-0.4, -0.2) is 46.4 Å². The van der Waals surface area contributed by atoms with Crippen molar-refractivity contribution in [2.24, 2.45) is 0 Å². The second kappa shape index (κ2) is 10.1. The number of hydrogen-bond acceptors (Lipinski definition) is 6. The maximum atomic E-state index is 11.6. The number of para-hydroxylation sites is 2. The zero-order chi connectivity index (χ0) is 26.9. The summed E-state index contributed by atoms with van der Waals surface area (Å²) in [6.45, 7) is 1.28. The summed E-state index contributed by atoms with van der Waals surface area (Å²) in [6.07, 6.45) is 2.38. The van der Waals surface area contributed by atoms with E-state index in [-0.39, 0.29) is 11.5 Å². The van der Waals surface area contributed by atoms with Crippen molar-refractivity contribution in [3.05, 3.63) is 96.2 Å². The summed E-state index contributed by atoms with van der Waals surface area (Å²) in [6, 6.07) is 25.4. The zero-order valence-electron chi connectivity index (χ0n) is 21.7. The molecule has 0 amide bonds. The molecule has 0 aliphatic carbocycles. The number of rotatable bonds is 7. The van der Waals surface area contributed by atoms with Crippen LogP contribution in [0.3, 0.4) is 0 Å². The lowest BCUT2D eigenvalue weighted by Crippen LogP contribution is -2.20. The molecule has 1 aliphatic heterocycles. The molecule has 5 aromatic rings. The Labute approximate surface area is 226 Å². The van der Waals surface area contributed by atoms with Gasteiger partial charge in [-0.3, -0.25) is 4.98 Å². The monoisotopic (exact) mass is 520 g/mol. The topological polar surface area (TPSA) is 89.7 Å². The van der Waals surface area contributed by atoms with Crippen LogP contribution in [0.15, 0.2) is 85.1 Å². The van der Waals surface area contributed by atoms with Gasteiger partial charge in [0.15, 0.2) is 5.82 Å². The molecule has 39 heavy (non-hydrogen) atoms. The average molecular weight is 521 g/mol. The van der Waals surface area contributed by atoms with Crippen LogP contribution >= 0.6 is 0 Å². The van der Waals surface area contributed by atoms with E-state index in [2.05, 4.69) is 32.7 Å². The highest BCUT2D eigenvalue weighted by atomic mass is 16.5. The summed E-state index contributed by atoms with van der Waals surface area (Å²) < 4.78 is 13.6. The highest BCUT2D eigenvalue weighted by Crippen LogP contribution is 2.40. The number of aromatic carboxylic acids is 1. The van der Waals surface area contributed by atoms with Gasteiger partial charge in [-0.05, 0) is 66.6 Å². The fourth-order valence-corrected chi connectivity index (χ4v) is 5.17. The van der Waals surface area contributed by atoms with E-state index < -0.39 is 5.97 Å². The molecule has 1 unspecified atom stereocenters. The smallest absolute Gasteiger partial charge is 0.335 e. The molecule has 6 rings (SSSR count). The molecule has 0 saturated carbocycles. The number of ether oxygens (including phenoxy) is 2. The molecule has 3 aromatic carbocycles. The Hall–Kier alpha value is -4.85. The van der Waals surface area contributed by atoms with E-state index in [0.29, 0.717) is 24.7 Å². The number of carboxylic acid groups (broad SMARTS) is 1. The minimum atomic E-state index is -0.991. The molecule has 1 N–H and O–H groups in total. The van der Waals surface area contributed by atoms with E-state index in [0.717, 1.165) is 45.9 Å². The molecule has 1 aliphatic rings. The van der Waals surface area contributed by atoms with Crippen molar-refractivity contribution in [3.8, 4) is 23.0 Å². The van der Waals surface area contributed by atoms with Crippen LogP contribution in [0.2, 0.25) is 0 Å². The van der Waals surface area contributed by atoms with Crippen LogP contribution < -0.4 is 14.4 Å². The second-order valence-corrected chi connectivity index (χ2v) is 9.58. The van der Waals surface area contributed by atoms with Crippen molar-refractivity contribution >= 4 is 28.4 Å². The molecule has 0 spiro atoms. The van der Waals surface area contributed by atoms with Crippen molar-refractivity contribution in [2.45, 2.75) is 18.9 Å². The minimum Gasteiger partial charge on any atom is -0.497 e. The van der Waals surface area contributed by atoms with Crippen LogP contribution in [0.5, 0.6) is 11.5 Å². The van der Waals surface area contributed by atoms with Gasteiger partial charge < -0.3 is 24.0 Å². The fourth-order valence-electron chi connectivity index (χ4n) is 5.17. The van der Waals surface area contributed by atoms with Crippen molar-refractivity contribution in [3.63, 3.8) is 0 Å². The number of pyridine rings is 1. The standard InChI is InChI=1S/C31H28N4O4/c1-34(22-7-10-24(38-2)11-8-22)23-9-12-25-21(14-16-39-29(25)18-23)19-35-28-6-4-3-5-26(28)33-30(35)27-17-20(31(36)37)13-15-32-27/h3-13,15,17-18,21H,14,16,19H2,1-2H3,(H,36,37). The lowest BCUT2D eigenvalue weighted by molar-refractivity contribution is 0.0696. The van der Waals surface area contributed by atoms with E-state index >= 15 is 0 Å². The summed E-state index contributed by atoms with van der Waals surface area (Å²) in [5.74, 6) is 1.55. The van der Waals surface area contributed by atoms with Crippen molar-refractivity contribution < 1.29 is 19.4 Å². The third-order valence-corrected chi connectivity index (χ3v) is 7.30. The van der Waals surface area contributed by atoms with Gasteiger partial charge in [-0.1, -0.05) is 18.2 Å². The lowest BCUT2D eigenvalue weighted by atomic mass is 9.92. The maximum Gasteiger partial charge on any atom is 0.335 e. The molecular weight excluding hydrogens is 492 g/mol. The molecule has 8 heteroatoms. The van der Waals surface area contributed by atoms with Gasteiger partial charge in [0, 0.05) is 43.1 Å². The quantitative estimate of drug-likeness (QED) is 0.276. The van der Waals surface area contributed by atoms with Crippen LogP contribution in [0.4, 0.5) is 11.4 Å². The number of benzene rings is 3. The maximum absolute atomic E-state index is 11.6. The first-order valence-corrected chi connectivity index (χ1v) is 12.8. The Morgan fingerprint density at radius 3 is 2.67 bits per heavy atom. The van der Waals surface area contributed by atoms with Gasteiger partial charge in [-0.15, -0.1) is 0 Å². The number of imidazole rings is 1. The number of aromatic nitrogens is 3. The number of nitrogens with zero attached hydrogens (tertiary/aromatic N) is 4. The molecule has 0 saturated heterocycles. The van der Waals surface area contributed by atoms with Gasteiger partial charge in [0.05, 0.1) is 30.3 Å². The SMILES string of the molecule is COc1ccc(N(C)c2ccc3c(c2)OCCC3Cn2c(-c3cc(C(=O)O)ccn3)nc3ccccc32)cc1. The molecule has 0 fully saturated rings. The van der Waals surface area contributed by atoms with E-state index in [1.807, 2.05) is 55.6 Å². The first-order valence-electron chi connectivity index (χ1n) is 12.8. The first-order chi connectivity index (χ1) is 19.0. The summed E-state index contributed by atoms with van der Waals surface area (Å²) >= 11 is 0. The summed E-state index contributed by atoms with van der Waals surface area (Å²) in [5, 5.41) is 9.52. The zero-order valence-corrected chi connectivity index (χ0v) is 21.7. The molecule has 8 nitrogen and oxygen atoms in total. The number of fused-ring (bicyclic) bond motifs is 2. The molecular formula is C31H28N4O4. The normalized spacial score (nSPS) is 14.5. The van der Waals surface area contributed by atoms with Gasteiger partial charge in [-0.25, -0.2) is 9.78 Å². The Morgan fingerprint density at radius 1 is 1.08 bits per heavy atom. The predicted octanol–water partition coefficient (Wildman–Crippen LogP) is 6.14. The first kappa shape index (κ1) is 24.5. The van der Waals surface area contributed by atoms with Crippen molar-refractivity contribution in [2.75, 3.05) is 25.7 Å². The van der Waals surface area contributed by atoms with Crippen LogP contribution in [0.1, 0.15) is 28.3 Å². The Morgan fingerprint density at radius 2 is 1.87 bits per heavy atom. The highest BCUT2D eigenvalue weighted by molar-refractivity contribution is 5.89. The fraction of sp³-hybridized carbons (Fsp3) is 0.194. The molecule has 2 aromatic heterocycles. The lowest BCUT2D eigenvalue weighted by Gasteiger charge is -2.29. The number of methoxy groups -OCH3 is 1. The molecule has 3 heterocycles. The number of carboxylic acids is 1. The largest absolute Gasteiger partial charge is 0.497 e. The van der Waals surface area contributed by atoms with Crippen LogP contribution in [0, 0.1) is 0 Å². The Bertz CT molecular complexity index is 1660. The summed E-state index contributed by atoms with van der Waals surface area (Å²) in [4.78, 5) is 23.1. The second-order valence-electron chi connectivity index (χ2n) is 9.58. The van der Waals surface area contributed by atoms with Crippen LogP contribution in [-0.2, 0) is 6.54 Å². The van der Waals surface area contributed by atoms with Crippen molar-refractivity contribution in [1.29, 1.82) is 0 Å². The summed E-state index contributed by atoms with van der Waals surface area (Å²) in [7, 11) is 3.70. The van der Waals surface area contributed by atoms with Crippen molar-refractivity contribution in [1.82, 2.24) is 14.5 Å². The molecule has 1 atom stereocenters. The highest BCUT2D eigenvalue weighted by Gasteiger charge is 2.25. The van der Waals surface area contributed by atoms with Crippen LogP contribution in [0.25, 0.3) is 22.6 Å². The third-order valence-electron chi connectivity index (χ3n) is 7.30. The Kier molecular flexibility index (Phi) is 6.36. The molecule has 0 radical (unpaired) electrons. The predicted molar refractivity (Wildman–Crippen MR) is 150 cm³/mol. The number of anilines is 2. The molecule has 196 valence electrons. The van der Waals surface area contributed by atoms with Gasteiger partial charge in [-0.2, -0.15) is 0 Å². The van der Waals surface area contributed by atoms with E-state index in [9.17, 15) is 9.90 Å². The van der Waals surface area contributed by atoms with E-state index in [1.165, 1.54) is 12.3 Å². The van der Waals surface area contributed by atoms with E-state index in [1.54, 1.807) is 13.2 Å². The average Bonchev–Trinajstić information content (AvgIpc) is 3.35. The number of carbonyl (C=O) groups is 1. The molecule has 0 bridgehead atoms. The van der Waals surface area contributed by atoms with Gasteiger partial charge in [0.2, 0.25) is 0 Å². The van der Waals surface area contributed by atoms with E-state index in [4.69, 9.17) is 14.5 Å². The summed E-state index contributed by atoms with van der Waals surface area (Å²) in [5.41, 5.74) is 5.77. The minimum absolute atomic E-state index is 0.184. The Balaban J connectivity index is 1.34. The van der Waals surface area contributed by atoms with Gasteiger partial charge in [0.1, 0.15) is 17.2 Å². The third kappa shape index (κ3) is 4.65.